The summed E-state index contributed by atoms with van der Waals surface area (Å²) in [5, 5.41) is 2.56. The number of halogens is 3. The summed E-state index contributed by atoms with van der Waals surface area (Å²) in [7, 11) is 0. The summed E-state index contributed by atoms with van der Waals surface area (Å²) in [6.45, 7) is 1.05. The Labute approximate surface area is 86.1 Å². The normalized spacial score (nSPS) is 34.4. The van der Waals surface area contributed by atoms with Crippen LogP contribution in [0.3, 0.4) is 0 Å². The summed E-state index contributed by atoms with van der Waals surface area (Å²) < 4.78 is 42.8. The highest BCUT2D eigenvalue weighted by atomic mass is 19.4. The maximum absolute atomic E-state index is 12.6. The summed E-state index contributed by atoms with van der Waals surface area (Å²) >= 11 is 0. The molecule has 15 heavy (non-hydrogen) atoms. The van der Waals surface area contributed by atoms with Gasteiger partial charge in [0.05, 0.1) is 12.1 Å². The molecule has 1 atom stereocenters. The van der Waals surface area contributed by atoms with Crippen molar-refractivity contribution >= 4 is 0 Å². The zero-order valence-corrected chi connectivity index (χ0v) is 8.36. The molecule has 0 amide bonds. The van der Waals surface area contributed by atoms with Gasteiger partial charge in [-0.3, -0.25) is 0 Å². The van der Waals surface area contributed by atoms with E-state index in [1.165, 1.54) is 0 Å². The van der Waals surface area contributed by atoms with Crippen LogP contribution in [0.1, 0.15) is 19.3 Å². The number of rotatable bonds is 3. The van der Waals surface area contributed by atoms with Crippen LogP contribution >= 0.6 is 0 Å². The van der Waals surface area contributed by atoms with Gasteiger partial charge >= 0.3 is 6.18 Å². The molecule has 1 aliphatic carbocycles. The Balaban J connectivity index is 1.88. The molecule has 88 valence electrons. The minimum atomic E-state index is -4.16. The molecule has 1 aliphatic heterocycles. The van der Waals surface area contributed by atoms with Crippen molar-refractivity contribution in [2.75, 3.05) is 19.8 Å². The van der Waals surface area contributed by atoms with E-state index in [2.05, 4.69) is 5.32 Å². The smallest absolute Gasteiger partial charge is 0.379 e. The minimum absolute atomic E-state index is 0.160. The molecule has 2 rings (SSSR count). The zero-order valence-electron chi connectivity index (χ0n) is 8.36. The number of hydrogen-bond donors (Lipinski definition) is 2. The summed E-state index contributed by atoms with van der Waals surface area (Å²) in [5.74, 6) is 0. The average molecular weight is 224 g/mol. The van der Waals surface area contributed by atoms with Gasteiger partial charge in [-0.1, -0.05) is 0 Å². The van der Waals surface area contributed by atoms with Crippen LogP contribution in [0.2, 0.25) is 0 Å². The van der Waals surface area contributed by atoms with Crippen molar-refractivity contribution in [3.63, 3.8) is 0 Å². The fourth-order valence-corrected chi connectivity index (χ4v) is 1.79. The standard InChI is InChI=1S/C9H15F3N2O/c10-9(11,12)8(1-2-8)14-5-7(13)3-4-15-6-7/h14H,1-6,13H2. The van der Waals surface area contributed by atoms with Gasteiger partial charge in [-0.15, -0.1) is 0 Å². The Hall–Kier alpha value is -0.330. The predicted molar refractivity (Wildman–Crippen MR) is 48.4 cm³/mol. The third-order valence-corrected chi connectivity index (χ3v) is 3.21. The van der Waals surface area contributed by atoms with E-state index in [1.54, 1.807) is 0 Å². The van der Waals surface area contributed by atoms with Gasteiger partial charge in [0, 0.05) is 13.2 Å². The van der Waals surface area contributed by atoms with Crippen LogP contribution < -0.4 is 11.1 Å². The first-order valence-corrected chi connectivity index (χ1v) is 5.05. The maximum Gasteiger partial charge on any atom is 0.406 e. The van der Waals surface area contributed by atoms with Crippen LogP contribution in [0.15, 0.2) is 0 Å². The lowest BCUT2D eigenvalue weighted by atomic mass is 10.00. The third kappa shape index (κ3) is 2.11. The molecular weight excluding hydrogens is 209 g/mol. The molecule has 2 aliphatic rings. The molecule has 6 heteroatoms. The molecule has 1 unspecified atom stereocenters. The SMILES string of the molecule is NC1(CNC2(C(F)(F)F)CC2)CCOC1. The molecule has 0 aromatic heterocycles. The Morgan fingerprint density at radius 2 is 1.93 bits per heavy atom. The second-order valence-electron chi connectivity index (χ2n) is 4.60. The summed E-state index contributed by atoms with van der Waals surface area (Å²) in [6.07, 6.45) is -3.22. The Morgan fingerprint density at radius 1 is 1.27 bits per heavy atom. The fraction of sp³-hybridized carbons (Fsp3) is 1.00. The summed E-state index contributed by atoms with van der Waals surface area (Å²) in [6, 6.07) is 0. The van der Waals surface area contributed by atoms with E-state index in [-0.39, 0.29) is 19.4 Å². The molecule has 1 saturated heterocycles. The van der Waals surface area contributed by atoms with Crippen LogP contribution in [0.25, 0.3) is 0 Å². The minimum Gasteiger partial charge on any atom is -0.379 e. The molecule has 0 radical (unpaired) electrons. The van der Waals surface area contributed by atoms with Crippen molar-refractivity contribution < 1.29 is 17.9 Å². The van der Waals surface area contributed by atoms with Gasteiger partial charge in [0.25, 0.3) is 0 Å². The molecule has 3 nitrogen and oxygen atoms in total. The van der Waals surface area contributed by atoms with Crippen molar-refractivity contribution in [2.24, 2.45) is 5.73 Å². The summed E-state index contributed by atoms with van der Waals surface area (Å²) in [4.78, 5) is 0. The molecule has 0 bridgehead atoms. The second kappa shape index (κ2) is 3.33. The number of nitrogens with two attached hydrogens (primary N) is 1. The van der Waals surface area contributed by atoms with E-state index in [0.717, 1.165) is 0 Å². The molecule has 1 saturated carbocycles. The van der Waals surface area contributed by atoms with Crippen LogP contribution in [0.4, 0.5) is 13.2 Å². The fourth-order valence-electron chi connectivity index (χ4n) is 1.79. The molecule has 3 N–H and O–H groups in total. The van der Waals surface area contributed by atoms with E-state index in [9.17, 15) is 13.2 Å². The van der Waals surface area contributed by atoms with Crippen molar-refractivity contribution in [1.82, 2.24) is 5.32 Å². The molecule has 0 aromatic carbocycles. The van der Waals surface area contributed by atoms with Crippen molar-refractivity contribution in [3.05, 3.63) is 0 Å². The number of alkyl halides is 3. The largest absolute Gasteiger partial charge is 0.406 e. The average Bonchev–Trinajstić information content (AvgIpc) is 2.82. The maximum atomic E-state index is 12.6. The van der Waals surface area contributed by atoms with Crippen LogP contribution in [0.5, 0.6) is 0 Å². The van der Waals surface area contributed by atoms with E-state index in [0.29, 0.717) is 19.6 Å². The first-order valence-electron chi connectivity index (χ1n) is 5.05. The molecule has 0 aromatic rings. The van der Waals surface area contributed by atoms with Crippen LogP contribution in [0, 0.1) is 0 Å². The van der Waals surface area contributed by atoms with Gasteiger partial charge in [0.2, 0.25) is 0 Å². The quantitative estimate of drug-likeness (QED) is 0.745. The highest BCUT2D eigenvalue weighted by Gasteiger charge is 2.63. The zero-order chi connectivity index (χ0) is 11.2. The first kappa shape index (κ1) is 11.2. The molecular formula is C9H15F3N2O. The topological polar surface area (TPSA) is 47.3 Å². The molecule has 1 heterocycles. The van der Waals surface area contributed by atoms with Gasteiger partial charge in [0.1, 0.15) is 5.54 Å². The van der Waals surface area contributed by atoms with Gasteiger partial charge in [-0.25, -0.2) is 0 Å². The van der Waals surface area contributed by atoms with Crippen molar-refractivity contribution in [2.45, 2.75) is 36.5 Å². The lowest BCUT2D eigenvalue weighted by molar-refractivity contribution is -0.166. The highest BCUT2D eigenvalue weighted by Crippen LogP contribution is 2.49. The second-order valence-corrected chi connectivity index (χ2v) is 4.60. The van der Waals surface area contributed by atoms with E-state index in [4.69, 9.17) is 10.5 Å². The van der Waals surface area contributed by atoms with Crippen LogP contribution in [-0.4, -0.2) is 37.0 Å². The van der Waals surface area contributed by atoms with Crippen LogP contribution in [-0.2, 0) is 4.74 Å². The van der Waals surface area contributed by atoms with E-state index >= 15 is 0 Å². The number of nitrogens with one attached hydrogen (secondary N) is 1. The lowest BCUT2D eigenvalue weighted by Gasteiger charge is -2.27. The molecule has 0 spiro atoms. The lowest BCUT2D eigenvalue weighted by Crippen LogP contribution is -2.55. The monoisotopic (exact) mass is 224 g/mol. The Kier molecular flexibility index (Phi) is 2.48. The summed E-state index contributed by atoms with van der Waals surface area (Å²) in [5.41, 5.74) is 3.59. The predicted octanol–water partition coefficient (Wildman–Crippen LogP) is 0.789. The van der Waals surface area contributed by atoms with Crippen molar-refractivity contribution in [3.8, 4) is 0 Å². The number of hydrogen-bond acceptors (Lipinski definition) is 3. The Bertz CT molecular complexity index is 244. The highest BCUT2D eigenvalue weighted by molar-refractivity contribution is 5.09. The van der Waals surface area contributed by atoms with Gasteiger partial charge < -0.3 is 15.8 Å². The van der Waals surface area contributed by atoms with Gasteiger partial charge in [0.15, 0.2) is 0 Å². The van der Waals surface area contributed by atoms with E-state index in [1.807, 2.05) is 0 Å². The van der Waals surface area contributed by atoms with E-state index < -0.39 is 17.3 Å². The van der Waals surface area contributed by atoms with Crippen molar-refractivity contribution in [1.29, 1.82) is 0 Å². The third-order valence-electron chi connectivity index (χ3n) is 3.21. The Morgan fingerprint density at radius 3 is 2.33 bits per heavy atom. The first-order chi connectivity index (χ1) is 6.87. The van der Waals surface area contributed by atoms with Gasteiger partial charge in [-0.05, 0) is 19.3 Å². The molecule has 2 fully saturated rings. The number of ether oxygens (including phenoxy) is 1. The van der Waals surface area contributed by atoms with Gasteiger partial charge in [-0.2, -0.15) is 13.2 Å².